The Balaban J connectivity index is 1.79. The smallest absolute Gasteiger partial charge is 0.220 e. The first-order valence-electron chi connectivity index (χ1n) is 6.82. The van der Waals surface area contributed by atoms with Gasteiger partial charge in [0.05, 0.1) is 0 Å². The first-order valence-corrected chi connectivity index (χ1v) is 7.70. The third-order valence-electron chi connectivity index (χ3n) is 3.31. The quantitative estimate of drug-likeness (QED) is 0.888. The van der Waals surface area contributed by atoms with Gasteiger partial charge in [0.1, 0.15) is 0 Å². The first kappa shape index (κ1) is 13.6. The number of rotatable bonds is 5. The van der Waals surface area contributed by atoms with Crippen LogP contribution in [0.3, 0.4) is 0 Å². The zero-order valence-corrected chi connectivity index (χ0v) is 11.8. The molecule has 4 heteroatoms. The van der Waals surface area contributed by atoms with E-state index in [1.54, 1.807) is 0 Å². The standard InChI is InChI=1S/C14H22N2OS/c1-2-5-14(17)15-12-6-3-8-16(10-12)11-13-7-4-9-18-13/h4,7,9,12H,2-3,5-6,8,10-11H2,1H3,(H,15,17). The summed E-state index contributed by atoms with van der Waals surface area (Å²) >= 11 is 1.81. The van der Waals surface area contributed by atoms with E-state index >= 15 is 0 Å². The molecule has 1 atom stereocenters. The lowest BCUT2D eigenvalue weighted by Gasteiger charge is -2.32. The molecular formula is C14H22N2OS. The lowest BCUT2D eigenvalue weighted by atomic mass is 10.1. The van der Waals surface area contributed by atoms with Crippen molar-refractivity contribution in [1.82, 2.24) is 10.2 Å². The van der Waals surface area contributed by atoms with Gasteiger partial charge in [-0.2, -0.15) is 0 Å². The number of likely N-dealkylation sites (tertiary alicyclic amines) is 1. The molecule has 2 rings (SSSR count). The van der Waals surface area contributed by atoms with E-state index in [1.165, 1.54) is 11.3 Å². The average molecular weight is 266 g/mol. The Morgan fingerprint density at radius 2 is 2.50 bits per heavy atom. The van der Waals surface area contributed by atoms with Gasteiger partial charge in [0.15, 0.2) is 0 Å². The normalized spacial score (nSPS) is 20.8. The van der Waals surface area contributed by atoms with E-state index in [1.807, 2.05) is 18.3 Å². The Labute approximate surface area is 113 Å². The minimum atomic E-state index is 0.209. The molecule has 0 aromatic carbocycles. The highest BCUT2D eigenvalue weighted by Crippen LogP contribution is 2.16. The third-order valence-corrected chi connectivity index (χ3v) is 4.17. The number of thiophene rings is 1. The molecule has 0 bridgehead atoms. The summed E-state index contributed by atoms with van der Waals surface area (Å²) in [6.07, 6.45) is 3.89. The van der Waals surface area contributed by atoms with Crippen LogP contribution >= 0.6 is 11.3 Å². The van der Waals surface area contributed by atoms with Crippen LogP contribution in [0.25, 0.3) is 0 Å². The average Bonchev–Trinajstić information content (AvgIpc) is 2.82. The van der Waals surface area contributed by atoms with E-state index in [-0.39, 0.29) is 5.91 Å². The molecule has 0 radical (unpaired) electrons. The Bertz CT molecular complexity index is 364. The van der Waals surface area contributed by atoms with Crippen LogP contribution in [-0.4, -0.2) is 29.9 Å². The lowest BCUT2D eigenvalue weighted by Crippen LogP contribution is -2.47. The van der Waals surface area contributed by atoms with Gasteiger partial charge in [0.2, 0.25) is 5.91 Å². The summed E-state index contributed by atoms with van der Waals surface area (Å²) in [5, 5.41) is 5.28. The van der Waals surface area contributed by atoms with Crippen LogP contribution in [0, 0.1) is 0 Å². The highest BCUT2D eigenvalue weighted by molar-refractivity contribution is 7.09. The molecule has 18 heavy (non-hydrogen) atoms. The molecule has 1 amide bonds. The van der Waals surface area contributed by atoms with Crippen molar-refractivity contribution in [1.29, 1.82) is 0 Å². The summed E-state index contributed by atoms with van der Waals surface area (Å²) < 4.78 is 0. The second kappa shape index (κ2) is 6.90. The summed E-state index contributed by atoms with van der Waals surface area (Å²) in [5.74, 6) is 0.209. The molecule has 1 saturated heterocycles. The van der Waals surface area contributed by atoms with E-state index < -0.39 is 0 Å². The predicted molar refractivity (Wildman–Crippen MR) is 75.7 cm³/mol. The highest BCUT2D eigenvalue weighted by atomic mass is 32.1. The Morgan fingerprint density at radius 3 is 3.22 bits per heavy atom. The molecule has 1 fully saturated rings. The number of hydrogen-bond donors (Lipinski definition) is 1. The van der Waals surface area contributed by atoms with Gasteiger partial charge in [-0.05, 0) is 37.3 Å². The molecule has 1 aliphatic rings. The van der Waals surface area contributed by atoms with E-state index in [2.05, 4.69) is 27.7 Å². The van der Waals surface area contributed by atoms with Crippen LogP contribution in [0.15, 0.2) is 17.5 Å². The minimum absolute atomic E-state index is 0.209. The van der Waals surface area contributed by atoms with E-state index in [4.69, 9.17) is 0 Å². The Kier molecular flexibility index (Phi) is 5.20. The molecule has 1 aromatic heterocycles. The maximum atomic E-state index is 11.6. The third kappa shape index (κ3) is 4.10. The number of amides is 1. The van der Waals surface area contributed by atoms with E-state index in [0.29, 0.717) is 12.5 Å². The fourth-order valence-corrected chi connectivity index (χ4v) is 3.21. The van der Waals surface area contributed by atoms with Gasteiger partial charge in [-0.1, -0.05) is 13.0 Å². The van der Waals surface area contributed by atoms with Gasteiger partial charge >= 0.3 is 0 Å². The molecule has 1 aromatic rings. The van der Waals surface area contributed by atoms with Crippen molar-refractivity contribution in [2.45, 2.75) is 45.2 Å². The second-order valence-electron chi connectivity index (χ2n) is 4.97. The molecule has 1 unspecified atom stereocenters. The number of carbonyl (C=O) groups is 1. The SMILES string of the molecule is CCCC(=O)NC1CCCN(Cc2cccs2)C1. The summed E-state index contributed by atoms with van der Waals surface area (Å²) in [5.41, 5.74) is 0. The number of carbonyl (C=O) groups excluding carboxylic acids is 1. The van der Waals surface area contributed by atoms with Crippen molar-refractivity contribution in [2.75, 3.05) is 13.1 Å². The van der Waals surface area contributed by atoms with Gasteiger partial charge in [-0.15, -0.1) is 11.3 Å². The second-order valence-corrected chi connectivity index (χ2v) is 6.00. The summed E-state index contributed by atoms with van der Waals surface area (Å²) in [6.45, 7) is 5.22. The fraction of sp³-hybridized carbons (Fsp3) is 0.643. The van der Waals surface area contributed by atoms with Crippen LogP contribution < -0.4 is 5.32 Å². The Morgan fingerprint density at radius 1 is 1.61 bits per heavy atom. The highest BCUT2D eigenvalue weighted by Gasteiger charge is 2.21. The van der Waals surface area contributed by atoms with Gasteiger partial charge in [0, 0.05) is 30.4 Å². The summed E-state index contributed by atoms with van der Waals surface area (Å²) in [7, 11) is 0. The molecule has 100 valence electrons. The molecule has 2 heterocycles. The van der Waals surface area contributed by atoms with Crippen molar-refractivity contribution in [3.8, 4) is 0 Å². The van der Waals surface area contributed by atoms with Crippen molar-refractivity contribution in [2.24, 2.45) is 0 Å². The van der Waals surface area contributed by atoms with Crippen LogP contribution in [0.5, 0.6) is 0 Å². The van der Waals surface area contributed by atoms with Crippen molar-refractivity contribution in [3.05, 3.63) is 22.4 Å². The molecule has 0 saturated carbocycles. The number of nitrogens with one attached hydrogen (secondary N) is 1. The number of piperidine rings is 1. The van der Waals surface area contributed by atoms with Crippen LogP contribution in [0.4, 0.5) is 0 Å². The van der Waals surface area contributed by atoms with Crippen LogP contribution in [0.2, 0.25) is 0 Å². The number of hydrogen-bond acceptors (Lipinski definition) is 3. The first-order chi connectivity index (χ1) is 8.78. The van der Waals surface area contributed by atoms with E-state index in [9.17, 15) is 4.79 Å². The summed E-state index contributed by atoms with van der Waals surface area (Å²) in [4.78, 5) is 15.5. The topological polar surface area (TPSA) is 32.3 Å². The molecule has 3 nitrogen and oxygen atoms in total. The maximum Gasteiger partial charge on any atom is 0.220 e. The van der Waals surface area contributed by atoms with Gasteiger partial charge in [-0.25, -0.2) is 0 Å². The van der Waals surface area contributed by atoms with Crippen molar-refractivity contribution in [3.63, 3.8) is 0 Å². The molecule has 0 spiro atoms. The zero-order chi connectivity index (χ0) is 12.8. The molecule has 0 aliphatic carbocycles. The lowest BCUT2D eigenvalue weighted by molar-refractivity contribution is -0.122. The largest absolute Gasteiger partial charge is 0.352 e. The fourth-order valence-electron chi connectivity index (χ4n) is 2.47. The van der Waals surface area contributed by atoms with Crippen LogP contribution in [0.1, 0.15) is 37.5 Å². The van der Waals surface area contributed by atoms with Crippen molar-refractivity contribution < 1.29 is 4.79 Å². The van der Waals surface area contributed by atoms with Crippen molar-refractivity contribution >= 4 is 17.2 Å². The van der Waals surface area contributed by atoms with Gasteiger partial charge < -0.3 is 5.32 Å². The van der Waals surface area contributed by atoms with E-state index in [0.717, 1.165) is 32.5 Å². The number of nitrogens with zero attached hydrogens (tertiary/aromatic N) is 1. The molecule has 1 N–H and O–H groups in total. The van der Waals surface area contributed by atoms with Gasteiger partial charge in [0.25, 0.3) is 0 Å². The minimum Gasteiger partial charge on any atom is -0.352 e. The van der Waals surface area contributed by atoms with Gasteiger partial charge in [-0.3, -0.25) is 9.69 Å². The molecular weight excluding hydrogens is 244 g/mol. The molecule has 1 aliphatic heterocycles. The Hall–Kier alpha value is -0.870. The maximum absolute atomic E-state index is 11.6. The summed E-state index contributed by atoms with van der Waals surface area (Å²) in [6, 6.07) is 4.63. The van der Waals surface area contributed by atoms with Crippen LogP contribution in [-0.2, 0) is 11.3 Å². The zero-order valence-electron chi connectivity index (χ0n) is 11.0. The monoisotopic (exact) mass is 266 g/mol. The predicted octanol–water partition coefficient (Wildman–Crippen LogP) is 2.63.